The Morgan fingerprint density at radius 3 is 2.74 bits per heavy atom. The van der Waals surface area contributed by atoms with E-state index >= 15 is 0 Å². The topological polar surface area (TPSA) is 66.4 Å². The highest BCUT2D eigenvalue weighted by molar-refractivity contribution is 7.08. The van der Waals surface area contributed by atoms with Crippen LogP contribution in [-0.2, 0) is 11.2 Å². The molecule has 0 aliphatic heterocycles. The van der Waals surface area contributed by atoms with Crippen LogP contribution in [0.4, 0.5) is 10.1 Å². The summed E-state index contributed by atoms with van der Waals surface area (Å²) in [4.78, 5) is 22.5. The second kappa shape index (κ2) is 5.62. The van der Waals surface area contributed by atoms with E-state index in [0.717, 1.165) is 17.7 Å². The SMILES string of the molecule is O=C(Cc1ccsc1)Nc1ccc(F)c(C(=O)O)c1. The van der Waals surface area contributed by atoms with Crippen LogP contribution in [0.25, 0.3) is 0 Å². The summed E-state index contributed by atoms with van der Waals surface area (Å²) in [6, 6.07) is 5.28. The third-order valence-corrected chi connectivity index (χ3v) is 3.16. The first-order chi connectivity index (χ1) is 9.06. The fourth-order valence-electron chi connectivity index (χ4n) is 1.55. The first kappa shape index (κ1) is 13.2. The molecule has 98 valence electrons. The number of carbonyl (C=O) groups excluding carboxylic acids is 1. The summed E-state index contributed by atoms with van der Waals surface area (Å²) in [5.74, 6) is -2.48. The molecule has 1 aromatic heterocycles. The Labute approximate surface area is 112 Å². The van der Waals surface area contributed by atoms with E-state index in [2.05, 4.69) is 5.32 Å². The van der Waals surface area contributed by atoms with Crippen molar-refractivity contribution in [3.8, 4) is 0 Å². The van der Waals surface area contributed by atoms with Crippen LogP contribution in [0.2, 0.25) is 0 Å². The van der Waals surface area contributed by atoms with E-state index in [1.165, 1.54) is 17.4 Å². The van der Waals surface area contributed by atoms with Gasteiger partial charge in [-0.2, -0.15) is 11.3 Å². The molecule has 0 radical (unpaired) electrons. The van der Waals surface area contributed by atoms with Gasteiger partial charge in [0.1, 0.15) is 5.82 Å². The molecule has 1 aromatic carbocycles. The highest BCUT2D eigenvalue weighted by Crippen LogP contribution is 2.15. The quantitative estimate of drug-likeness (QED) is 0.904. The minimum absolute atomic E-state index is 0.198. The van der Waals surface area contributed by atoms with Crippen molar-refractivity contribution in [2.75, 3.05) is 5.32 Å². The average Bonchev–Trinajstić information content (AvgIpc) is 2.84. The normalized spacial score (nSPS) is 10.2. The second-order valence-corrected chi connectivity index (χ2v) is 4.64. The lowest BCUT2D eigenvalue weighted by Gasteiger charge is -2.06. The molecule has 0 atom stereocenters. The van der Waals surface area contributed by atoms with Crippen LogP contribution in [0.3, 0.4) is 0 Å². The molecular weight excluding hydrogens is 269 g/mol. The third-order valence-electron chi connectivity index (χ3n) is 2.43. The van der Waals surface area contributed by atoms with Crippen LogP contribution >= 0.6 is 11.3 Å². The Morgan fingerprint density at radius 1 is 1.32 bits per heavy atom. The number of amides is 1. The van der Waals surface area contributed by atoms with Crippen molar-refractivity contribution in [3.63, 3.8) is 0 Å². The number of anilines is 1. The Kier molecular flexibility index (Phi) is 3.91. The number of aromatic carboxylic acids is 1. The van der Waals surface area contributed by atoms with E-state index in [0.29, 0.717) is 0 Å². The molecule has 4 nitrogen and oxygen atoms in total. The van der Waals surface area contributed by atoms with Gasteiger partial charge in [-0.15, -0.1) is 0 Å². The molecule has 0 saturated heterocycles. The van der Waals surface area contributed by atoms with Crippen LogP contribution in [-0.4, -0.2) is 17.0 Å². The van der Waals surface area contributed by atoms with Gasteiger partial charge in [0.2, 0.25) is 5.91 Å². The lowest BCUT2D eigenvalue weighted by molar-refractivity contribution is -0.115. The van der Waals surface area contributed by atoms with Gasteiger partial charge in [-0.25, -0.2) is 9.18 Å². The molecule has 0 spiro atoms. The van der Waals surface area contributed by atoms with Crippen molar-refractivity contribution in [1.82, 2.24) is 0 Å². The van der Waals surface area contributed by atoms with Gasteiger partial charge in [0.25, 0.3) is 0 Å². The fraction of sp³-hybridized carbons (Fsp3) is 0.0769. The summed E-state index contributed by atoms with van der Waals surface area (Å²) in [6.45, 7) is 0. The Morgan fingerprint density at radius 2 is 2.11 bits per heavy atom. The second-order valence-electron chi connectivity index (χ2n) is 3.86. The molecule has 6 heteroatoms. The molecule has 0 saturated carbocycles. The number of benzene rings is 1. The highest BCUT2D eigenvalue weighted by atomic mass is 32.1. The van der Waals surface area contributed by atoms with Crippen molar-refractivity contribution in [3.05, 3.63) is 52.0 Å². The first-order valence-corrected chi connectivity index (χ1v) is 6.34. The number of carboxylic acids is 1. The van der Waals surface area contributed by atoms with Crippen LogP contribution < -0.4 is 5.32 Å². The Balaban J connectivity index is 2.09. The summed E-state index contributed by atoms with van der Waals surface area (Å²) in [5.41, 5.74) is 0.676. The molecule has 2 aromatic rings. The average molecular weight is 279 g/mol. The van der Waals surface area contributed by atoms with Crippen LogP contribution in [0.5, 0.6) is 0 Å². The zero-order chi connectivity index (χ0) is 13.8. The van der Waals surface area contributed by atoms with Crippen LogP contribution in [0, 0.1) is 5.82 Å². The molecule has 1 amide bonds. The molecule has 0 unspecified atom stereocenters. The number of carbonyl (C=O) groups is 2. The lowest BCUT2D eigenvalue weighted by atomic mass is 10.1. The van der Waals surface area contributed by atoms with E-state index in [4.69, 9.17) is 5.11 Å². The number of rotatable bonds is 4. The van der Waals surface area contributed by atoms with Crippen LogP contribution in [0.15, 0.2) is 35.0 Å². The first-order valence-electron chi connectivity index (χ1n) is 5.40. The predicted octanol–water partition coefficient (Wildman–Crippen LogP) is 2.77. The monoisotopic (exact) mass is 279 g/mol. The van der Waals surface area contributed by atoms with Crippen molar-refractivity contribution < 1.29 is 19.1 Å². The summed E-state index contributed by atoms with van der Waals surface area (Å²) < 4.78 is 13.2. The molecule has 19 heavy (non-hydrogen) atoms. The Hall–Kier alpha value is -2.21. The number of hydrogen-bond acceptors (Lipinski definition) is 3. The molecular formula is C13H10FNO3S. The van der Waals surface area contributed by atoms with Gasteiger partial charge in [-0.05, 0) is 40.6 Å². The van der Waals surface area contributed by atoms with Crippen molar-refractivity contribution >= 4 is 28.9 Å². The molecule has 2 rings (SSSR count). The largest absolute Gasteiger partial charge is 0.478 e. The minimum Gasteiger partial charge on any atom is -0.478 e. The highest BCUT2D eigenvalue weighted by Gasteiger charge is 2.12. The maximum absolute atomic E-state index is 13.2. The molecule has 0 bridgehead atoms. The zero-order valence-corrected chi connectivity index (χ0v) is 10.5. The molecule has 0 fully saturated rings. The van der Waals surface area contributed by atoms with Gasteiger partial charge in [0.15, 0.2) is 0 Å². The van der Waals surface area contributed by atoms with Gasteiger partial charge in [0.05, 0.1) is 12.0 Å². The molecule has 0 aliphatic rings. The number of carboxylic acid groups (broad SMARTS) is 1. The minimum atomic E-state index is -1.37. The van der Waals surface area contributed by atoms with Crippen LogP contribution in [0.1, 0.15) is 15.9 Å². The van der Waals surface area contributed by atoms with E-state index in [1.807, 2.05) is 16.8 Å². The maximum Gasteiger partial charge on any atom is 0.338 e. The van der Waals surface area contributed by atoms with Gasteiger partial charge >= 0.3 is 5.97 Å². The van der Waals surface area contributed by atoms with E-state index in [-0.39, 0.29) is 18.0 Å². The lowest BCUT2D eigenvalue weighted by Crippen LogP contribution is -2.14. The number of nitrogens with one attached hydrogen (secondary N) is 1. The van der Waals surface area contributed by atoms with E-state index in [9.17, 15) is 14.0 Å². The molecule has 0 aliphatic carbocycles. The molecule has 1 heterocycles. The standard InChI is InChI=1S/C13H10FNO3S/c14-11-2-1-9(6-10(11)13(17)18)15-12(16)5-8-3-4-19-7-8/h1-4,6-7H,5H2,(H,15,16)(H,17,18). The number of hydrogen-bond donors (Lipinski definition) is 2. The van der Waals surface area contributed by atoms with Crippen molar-refractivity contribution in [1.29, 1.82) is 0 Å². The predicted molar refractivity (Wildman–Crippen MR) is 70.0 cm³/mol. The maximum atomic E-state index is 13.2. The van der Waals surface area contributed by atoms with E-state index in [1.54, 1.807) is 0 Å². The zero-order valence-electron chi connectivity index (χ0n) is 9.72. The van der Waals surface area contributed by atoms with Gasteiger partial charge in [-0.3, -0.25) is 4.79 Å². The van der Waals surface area contributed by atoms with Crippen molar-refractivity contribution in [2.24, 2.45) is 0 Å². The third kappa shape index (κ3) is 3.38. The van der Waals surface area contributed by atoms with Gasteiger partial charge in [0, 0.05) is 5.69 Å². The molecule has 2 N–H and O–H groups in total. The number of halogens is 1. The van der Waals surface area contributed by atoms with E-state index < -0.39 is 17.3 Å². The summed E-state index contributed by atoms with van der Waals surface area (Å²) in [5, 5.41) is 15.0. The summed E-state index contributed by atoms with van der Waals surface area (Å²) in [6.07, 6.45) is 0.198. The summed E-state index contributed by atoms with van der Waals surface area (Å²) in [7, 11) is 0. The van der Waals surface area contributed by atoms with Gasteiger partial charge < -0.3 is 10.4 Å². The smallest absolute Gasteiger partial charge is 0.338 e. The number of thiophene rings is 1. The Bertz CT molecular complexity index is 610. The summed E-state index contributed by atoms with van der Waals surface area (Å²) >= 11 is 1.49. The van der Waals surface area contributed by atoms with Gasteiger partial charge in [-0.1, -0.05) is 0 Å². The fourth-order valence-corrected chi connectivity index (χ4v) is 2.22. The van der Waals surface area contributed by atoms with Crippen molar-refractivity contribution in [2.45, 2.75) is 6.42 Å².